The number of hydrogen-bond donors (Lipinski definition) is 1. The summed E-state index contributed by atoms with van der Waals surface area (Å²) in [6.07, 6.45) is 3.04. The van der Waals surface area contributed by atoms with Crippen molar-refractivity contribution < 1.29 is 19.4 Å². The van der Waals surface area contributed by atoms with Crippen LogP contribution < -0.4 is 4.74 Å². The Bertz CT molecular complexity index is 1160. The van der Waals surface area contributed by atoms with Crippen molar-refractivity contribution in [2.75, 3.05) is 7.05 Å². The van der Waals surface area contributed by atoms with Crippen LogP contribution >= 0.6 is 11.6 Å². The fraction of sp³-hybridized carbons (Fsp3) is 0.222. The molecule has 1 heterocycles. The normalized spacial score (nSPS) is 15.8. The average molecular weight is 464 g/mol. The smallest absolute Gasteiger partial charge is 0.304 e. The zero-order valence-electron chi connectivity index (χ0n) is 18.6. The van der Waals surface area contributed by atoms with Gasteiger partial charge in [-0.05, 0) is 65.1 Å². The summed E-state index contributed by atoms with van der Waals surface area (Å²) in [7, 11) is 1.88. The highest BCUT2D eigenvalue weighted by Gasteiger charge is 2.31. The van der Waals surface area contributed by atoms with Crippen LogP contribution in [0.25, 0.3) is 11.1 Å². The van der Waals surface area contributed by atoms with Crippen molar-refractivity contribution in [1.82, 2.24) is 4.90 Å². The zero-order chi connectivity index (χ0) is 23.4. The third-order valence-electron chi connectivity index (χ3n) is 5.79. The highest BCUT2D eigenvalue weighted by molar-refractivity contribution is 6.30. The predicted octanol–water partition coefficient (Wildman–Crippen LogP) is 6.21. The molecule has 33 heavy (non-hydrogen) atoms. The first kappa shape index (κ1) is 22.7. The first-order valence-electron chi connectivity index (χ1n) is 10.7. The van der Waals surface area contributed by atoms with E-state index in [1.54, 1.807) is 12.5 Å². The van der Waals surface area contributed by atoms with E-state index in [4.69, 9.17) is 21.1 Å². The van der Waals surface area contributed by atoms with Crippen molar-refractivity contribution in [2.45, 2.75) is 32.1 Å². The molecule has 2 atom stereocenters. The maximum Gasteiger partial charge on any atom is 0.304 e. The largest absolute Gasteiger partial charge is 0.489 e. The van der Waals surface area contributed by atoms with Gasteiger partial charge < -0.3 is 19.5 Å². The minimum absolute atomic E-state index is 0.0200. The van der Waals surface area contributed by atoms with Crippen LogP contribution in [0, 0.1) is 6.92 Å². The SMILES string of the molecule is Cc1cc(Cl)ccc1-c1cccc(COc2ccc(C(CC(=O)O)C3OC=CN3C)cc2)c1. The fourth-order valence-electron chi connectivity index (χ4n) is 4.10. The van der Waals surface area contributed by atoms with Crippen molar-refractivity contribution in [3.63, 3.8) is 0 Å². The molecule has 0 spiro atoms. The molecule has 6 heteroatoms. The summed E-state index contributed by atoms with van der Waals surface area (Å²) in [4.78, 5) is 13.3. The van der Waals surface area contributed by atoms with E-state index < -0.39 is 5.97 Å². The number of halogens is 1. The molecular formula is C27H26ClNO4. The van der Waals surface area contributed by atoms with E-state index in [9.17, 15) is 9.90 Å². The van der Waals surface area contributed by atoms with Crippen LogP contribution in [0.3, 0.4) is 0 Å². The van der Waals surface area contributed by atoms with Crippen molar-refractivity contribution >= 4 is 17.6 Å². The number of carboxylic acid groups (broad SMARTS) is 1. The number of likely N-dealkylation sites (N-methyl/N-ethyl adjacent to an activating group) is 1. The van der Waals surface area contributed by atoms with E-state index in [1.165, 1.54) is 0 Å². The number of nitrogens with zero attached hydrogens (tertiary/aromatic N) is 1. The summed E-state index contributed by atoms with van der Waals surface area (Å²) >= 11 is 6.09. The van der Waals surface area contributed by atoms with E-state index in [2.05, 4.69) is 12.1 Å². The molecule has 0 radical (unpaired) electrons. The van der Waals surface area contributed by atoms with Crippen LogP contribution in [-0.4, -0.2) is 29.3 Å². The maximum atomic E-state index is 11.4. The molecule has 1 aliphatic heterocycles. The van der Waals surface area contributed by atoms with Gasteiger partial charge in [-0.2, -0.15) is 0 Å². The van der Waals surface area contributed by atoms with Crippen molar-refractivity contribution in [3.05, 3.63) is 101 Å². The summed E-state index contributed by atoms with van der Waals surface area (Å²) in [5.41, 5.74) is 5.33. The molecule has 170 valence electrons. The Labute approximate surface area is 198 Å². The van der Waals surface area contributed by atoms with Crippen molar-refractivity contribution in [3.8, 4) is 16.9 Å². The van der Waals surface area contributed by atoms with Crippen molar-refractivity contribution in [2.24, 2.45) is 0 Å². The van der Waals surface area contributed by atoms with Gasteiger partial charge in [0.05, 0.1) is 12.3 Å². The average Bonchev–Trinajstić information content (AvgIpc) is 3.22. The van der Waals surface area contributed by atoms with E-state index in [1.807, 2.05) is 73.5 Å². The molecule has 3 aromatic carbocycles. The Kier molecular flexibility index (Phi) is 6.90. The second-order valence-corrected chi connectivity index (χ2v) is 8.64. The number of aliphatic carboxylic acids is 1. The third kappa shape index (κ3) is 5.49. The molecule has 0 fully saturated rings. The van der Waals surface area contributed by atoms with Gasteiger partial charge in [0.1, 0.15) is 18.6 Å². The predicted molar refractivity (Wildman–Crippen MR) is 129 cm³/mol. The molecule has 4 rings (SSSR count). The summed E-state index contributed by atoms with van der Waals surface area (Å²) in [5, 5.41) is 10.1. The standard InChI is InChI=1S/C27H26ClNO4/c1-18-14-22(28)8-11-24(18)21-5-3-4-19(15-21)17-33-23-9-6-20(7-10-23)25(16-26(30)31)27-29(2)12-13-32-27/h3-15,25,27H,16-17H2,1-2H3,(H,30,31). The molecule has 1 N–H and O–H groups in total. The summed E-state index contributed by atoms with van der Waals surface area (Å²) in [6, 6.07) is 21.7. The van der Waals surface area contributed by atoms with Gasteiger partial charge in [0.25, 0.3) is 0 Å². The molecule has 2 unspecified atom stereocenters. The van der Waals surface area contributed by atoms with Gasteiger partial charge in [0.15, 0.2) is 6.23 Å². The number of benzene rings is 3. The Morgan fingerprint density at radius 2 is 1.94 bits per heavy atom. The molecule has 0 saturated heterocycles. The third-order valence-corrected chi connectivity index (χ3v) is 6.03. The number of carbonyl (C=O) groups is 1. The van der Waals surface area contributed by atoms with Gasteiger partial charge in [-0.1, -0.05) is 48.0 Å². The molecule has 3 aromatic rings. The molecule has 5 nitrogen and oxygen atoms in total. The fourth-order valence-corrected chi connectivity index (χ4v) is 4.33. The Morgan fingerprint density at radius 1 is 1.15 bits per heavy atom. The summed E-state index contributed by atoms with van der Waals surface area (Å²) in [6.45, 7) is 2.48. The number of hydrogen-bond acceptors (Lipinski definition) is 4. The zero-order valence-corrected chi connectivity index (χ0v) is 19.3. The lowest BCUT2D eigenvalue weighted by Gasteiger charge is -2.28. The molecule has 1 aliphatic rings. The second kappa shape index (κ2) is 10.0. The minimum atomic E-state index is -0.861. The molecule has 0 amide bonds. The van der Waals surface area contributed by atoms with Crippen LogP contribution in [-0.2, 0) is 16.1 Å². The highest BCUT2D eigenvalue weighted by Crippen LogP contribution is 2.32. The van der Waals surface area contributed by atoms with Gasteiger partial charge in [-0.3, -0.25) is 4.79 Å². The van der Waals surface area contributed by atoms with Crippen LogP contribution in [0.1, 0.15) is 29.0 Å². The number of aryl methyl sites for hydroxylation is 1. The van der Waals surface area contributed by atoms with Crippen LogP contribution in [0.2, 0.25) is 5.02 Å². The minimum Gasteiger partial charge on any atom is -0.489 e. The van der Waals surface area contributed by atoms with Gasteiger partial charge in [-0.25, -0.2) is 0 Å². The lowest BCUT2D eigenvalue weighted by molar-refractivity contribution is -0.138. The van der Waals surface area contributed by atoms with Crippen LogP contribution in [0.5, 0.6) is 5.75 Å². The number of carboxylic acids is 1. The lowest BCUT2D eigenvalue weighted by Crippen LogP contribution is -2.32. The van der Waals surface area contributed by atoms with Gasteiger partial charge in [0, 0.05) is 18.3 Å². The Morgan fingerprint density at radius 3 is 2.61 bits per heavy atom. The molecular weight excluding hydrogens is 438 g/mol. The lowest BCUT2D eigenvalue weighted by atomic mass is 9.93. The topological polar surface area (TPSA) is 59.0 Å². The van der Waals surface area contributed by atoms with Gasteiger partial charge in [0.2, 0.25) is 0 Å². The van der Waals surface area contributed by atoms with E-state index in [0.717, 1.165) is 38.6 Å². The van der Waals surface area contributed by atoms with Crippen molar-refractivity contribution in [1.29, 1.82) is 0 Å². The van der Waals surface area contributed by atoms with E-state index in [0.29, 0.717) is 6.61 Å². The summed E-state index contributed by atoms with van der Waals surface area (Å²) < 4.78 is 11.6. The van der Waals surface area contributed by atoms with Crippen LogP contribution in [0.4, 0.5) is 0 Å². The van der Waals surface area contributed by atoms with E-state index in [-0.39, 0.29) is 18.6 Å². The van der Waals surface area contributed by atoms with Gasteiger partial charge >= 0.3 is 5.97 Å². The Balaban J connectivity index is 1.45. The maximum absolute atomic E-state index is 11.4. The molecule has 0 aromatic heterocycles. The first-order valence-corrected chi connectivity index (χ1v) is 11.1. The Hall–Kier alpha value is -3.44. The molecule has 0 bridgehead atoms. The molecule has 0 saturated carbocycles. The summed E-state index contributed by atoms with van der Waals surface area (Å²) in [5.74, 6) is -0.435. The first-order chi connectivity index (χ1) is 15.9. The highest BCUT2D eigenvalue weighted by atomic mass is 35.5. The number of rotatable bonds is 8. The van der Waals surface area contributed by atoms with E-state index >= 15 is 0 Å². The second-order valence-electron chi connectivity index (χ2n) is 8.20. The van der Waals surface area contributed by atoms with Gasteiger partial charge in [-0.15, -0.1) is 0 Å². The molecule has 0 aliphatic carbocycles. The quantitative estimate of drug-likeness (QED) is 0.430. The number of ether oxygens (including phenoxy) is 2. The monoisotopic (exact) mass is 463 g/mol. The van der Waals surface area contributed by atoms with Crippen LogP contribution in [0.15, 0.2) is 79.2 Å².